The van der Waals surface area contributed by atoms with Crippen LogP contribution in [-0.2, 0) is 6.54 Å². The van der Waals surface area contributed by atoms with Gasteiger partial charge in [0.15, 0.2) is 5.43 Å². The van der Waals surface area contributed by atoms with E-state index in [1.54, 1.807) is 6.07 Å². The number of nitrogens with zero attached hydrogens (tertiary/aromatic N) is 1. The van der Waals surface area contributed by atoms with E-state index in [9.17, 15) is 9.59 Å². The molecule has 176 valence electrons. The van der Waals surface area contributed by atoms with Gasteiger partial charge in [-0.25, -0.2) is 0 Å². The first-order chi connectivity index (χ1) is 15.7. The van der Waals surface area contributed by atoms with Gasteiger partial charge in [-0.15, -0.1) is 0 Å². The predicted octanol–water partition coefficient (Wildman–Crippen LogP) is 6.18. The molecular weight excluding hydrogens is 408 g/mol. The summed E-state index contributed by atoms with van der Waals surface area (Å²) in [4.78, 5) is 26.7. The number of carbonyl (C=O) groups is 1. The van der Waals surface area contributed by atoms with Gasteiger partial charge in [-0.05, 0) is 67.3 Å². The largest absolute Gasteiger partial charge is 0.346 e. The highest BCUT2D eigenvalue weighted by atomic mass is 16.2. The van der Waals surface area contributed by atoms with Crippen molar-refractivity contribution in [2.24, 2.45) is 16.7 Å². The molecule has 6 rings (SSSR count). The third-order valence-corrected chi connectivity index (χ3v) is 8.45. The zero-order valence-electron chi connectivity index (χ0n) is 20.5. The molecule has 1 aromatic heterocycles. The Balaban J connectivity index is 1.46. The first kappa shape index (κ1) is 22.4. The van der Waals surface area contributed by atoms with E-state index in [-0.39, 0.29) is 22.4 Å². The summed E-state index contributed by atoms with van der Waals surface area (Å²) in [6.45, 7) is 7.81. The van der Waals surface area contributed by atoms with Crippen LogP contribution in [0, 0.1) is 16.7 Å². The number of aryl methyl sites for hydroxylation is 1. The van der Waals surface area contributed by atoms with Crippen LogP contribution in [0.1, 0.15) is 88.9 Å². The predicted molar refractivity (Wildman–Crippen MR) is 133 cm³/mol. The Labute approximate surface area is 197 Å². The van der Waals surface area contributed by atoms with Crippen molar-refractivity contribution in [3.05, 3.63) is 58.4 Å². The van der Waals surface area contributed by atoms with E-state index in [2.05, 4.69) is 30.7 Å². The lowest BCUT2D eigenvalue weighted by Gasteiger charge is -2.65. The summed E-state index contributed by atoms with van der Waals surface area (Å²) in [6, 6.07) is 11.7. The number of pyridine rings is 1. The van der Waals surface area contributed by atoms with Crippen LogP contribution >= 0.6 is 0 Å². The minimum atomic E-state index is -0.182. The molecule has 1 N–H and O–H groups in total. The molecule has 4 fully saturated rings. The summed E-state index contributed by atoms with van der Waals surface area (Å²) < 4.78 is 2.11. The maximum atomic E-state index is 13.6. The number of amides is 1. The second-order valence-electron chi connectivity index (χ2n) is 12.1. The third kappa shape index (κ3) is 4.29. The van der Waals surface area contributed by atoms with Crippen molar-refractivity contribution in [1.82, 2.24) is 9.88 Å². The summed E-state index contributed by atoms with van der Waals surface area (Å²) in [5.74, 6) is 0.515. The SMILES string of the molecule is CCCCCn1cc(C(=O)NC23CC4C[C@@](C)(C2)C[C@](C)(C4)C3)c(=O)cc1-c1ccccc1. The normalized spacial score (nSPS) is 32.2. The lowest BCUT2D eigenvalue weighted by Crippen LogP contribution is -2.65. The molecular formula is C29H38N2O2. The molecule has 4 heteroatoms. The zero-order chi connectivity index (χ0) is 23.3. The highest BCUT2D eigenvalue weighted by Gasteiger charge is 2.60. The Hall–Kier alpha value is -2.36. The molecule has 0 radical (unpaired) electrons. The van der Waals surface area contributed by atoms with Gasteiger partial charge in [0, 0.05) is 24.3 Å². The van der Waals surface area contributed by atoms with Gasteiger partial charge in [-0.3, -0.25) is 9.59 Å². The minimum Gasteiger partial charge on any atom is -0.346 e. The summed E-state index contributed by atoms with van der Waals surface area (Å²) in [6.07, 6.45) is 12.1. The van der Waals surface area contributed by atoms with E-state index in [0.717, 1.165) is 56.3 Å². The van der Waals surface area contributed by atoms with Crippen molar-refractivity contribution in [1.29, 1.82) is 0 Å². The highest BCUT2D eigenvalue weighted by molar-refractivity contribution is 5.94. The van der Waals surface area contributed by atoms with E-state index < -0.39 is 0 Å². The van der Waals surface area contributed by atoms with Gasteiger partial charge < -0.3 is 9.88 Å². The van der Waals surface area contributed by atoms with E-state index >= 15 is 0 Å². The maximum absolute atomic E-state index is 13.6. The Morgan fingerprint density at radius 3 is 2.36 bits per heavy atom. The van der Waals surface area contributed by atoms with Gasteiger partial charge in [-0.2, -0.15) is 0 Å². The standard InChI is InChI=1S/C29H38N2O2/c1-4-5-9-12-31-17-23(25(32)13-24(31)22-10-7-6-8-11-22)26(33)30-29-16-21-14-27(2,19-29)18-28(3,15-21)20-29/h6-8,10-11,13,17,21H,4-5,9,12,14-16,18-20H2,1-3H3,(H,30,33)/t21?,27-,28+,29?. The summed E-state index contributed by atoms with van der Waals surface area (Å²) in [5.41, 5.74) is 2.50. The molecule has 1 heterocycles. The van der Waals surface area contributed by atoms with Gasteiger partial charge in [0.25, 0.3) is 5.91 Å². The number of nitrogens with one attached hydrogen (secondary N) is 1. The fraction of sp³-hybridized carbons (Fsp3) is 0.586. The zero-order valence-corrected chi connectivity index (χ0v) is 20.5. The Bertz CT molecular complexity index is 1080. The topological polar surface area (TPSA) is 51.1 Å². The van der Waals surface area contributed by atoms with Crippen molar-refractivity contribution >= 4 is 5.91 Å². The number of aromatic nitrogens is 1. The van der Waals surface area contributed by atoms with Crippen molar-refractivity contribution in [3.63, 3.8) is 0 Å². The van der Waals surface area contributed by atoms with E-state index in [1.165, 1.54) is 19.3 Å². The number of hydrogen-bond donors (Lipinski definition) is 1. The molecule has 0 saturated heterocycles. The van der Waals surface area contributed by atoms with Crippen LogP contribution in [0.4, 0.5) is 0 Å². The molecule has 1 aromatic carbocycles. The average Bonchev–Trinajstić information content (AvgIpc) is 2.72. The number of rotatable bonds is 7. The van der Waals surface area contributed by atoms with Crippen LogP contribution in [0.5, 0.6) is 0 Å². The summed E-state index contributed by atoms with van der Waals surface area (Å²) in [5, 5.41) is 3.43. The van der Waals surface area contributed by atoms with Crippen LogP contribution in [0.25, 0.3) is 11.3 Å². The maximum Gasteiger partial charge on any atom is 0.257 e. The van der Waals surface area contributed by atoms with Crippen LogP contribution < -0.4 is 10.7 Å². The minimum absolute atomic E-state index is 0.155. The molecule has 4 atom stereocenters. The van der Waals surface area contributed by atoms with Crippen LogP contribution in [0.3, 0.4) is 0 Å². The first-order valence-electron chi connectivity index (χ1n) is 12.8. The molecule has 2 unspecified atom stereocenters. The van der Waals surface area contributed by atoms with E-state index in [0.29, 0.717) is 16.7 Å². The molecule has 2 aromatic rings. The molecule has 33 heavy (non-hydrogen) atoms. The summed E-state index contributed by atoms with van der Waals surface area (Å²) >= 11 is 0. The van der Waals surface area contributed by atoms with E-state index in [4.69, 9.17) is 0 Å². The van der Waals surface area contributed by atoms with Gasteiger partial charge >= 0.3 is 0 Å². The van der Waals surface area contributed by atoms with Crippen molar-refractivity contribution in [2.75, 3.05) is 0 Å². The van der Waals surface area contributed by atoms with Gasteiger partial charge in [0.1, 0.15) is 5.56 Å². The number of carbonyl (C=O) groups excluding carboxylic acids is 1. The Morgan fingerprint density at radius 2 is 1.73 bits per heavy atom. The number of benzene rings is 1. The Kier molecular flexibility index (Phi) is 5.54. The molecule has 0 aliphatic heterocycles. The quantitative estimate of drug-likeness (QED) is 0.516. The van der Waals surface area contributed by atoms with Gasteiger partial charge in [-0.1, -0.05) is 63.9 Å². The highest BCUT2D eigenvalue weighted by Crippen LogP contribution is 2.66. The molecule has 1 amide bonds. The van der Waals surface area contributed by atoms with Crippen molar-refractivity contribution in [3.8, 4) is 11.3 Å². The molecule has 4 aliphatic rings. The smallest absolute Gasteiger partial charge is 0.257 e. The Morgan fingerprint density at radius 1 is 1.03 bits per heavy atom. The molecule has 4 nitrogen and oxygen atoms in total. The fourth-order valence-electron chi connectivity index (χ4n) is 8.21. The monoisotopic (exact) mass is 446 g/mol. The number of unbranched alkanes of at least 4 members (excludes halogenated alkanes) is 2. The van der Waals surface area contributed by atoms with Crippen LogP contribution in [0.2, 0.25) is 0 Å². The van der Waals surface area contributed by atoms with Crippen LogP contribution in [-0.4, -0.2) is 16.0 Å². The lowest BCUT2D eigenvalue weighted by molar-refractivity contribution is -0.114. The molecule has 4 bridgehead atoms. The van der Waals surface area contributed by atoms with E-state index in [1.807, 2.05) is 36.5 Å². The first-order valence-corrected chi connectivity index (χ1v) is 12.8. The van der Waals surface area contributed by atoms with Gasteiger partial charge in [0.05, 0.1) is 5.69 Å². The number of hydrogen-bond acceptors (Lipinski definition) is 2. The van der Waals surface area contributed by atoms with Crippen molar-refractivity contribution in [2.45, 2.75) is 90.6 Å². The molecule has 4 aliphatic carbocycles. The second-order valence-corrected chi connectivity index (χ2v) is 12.1. The van der Waals surface area contributed by atoms with Gasteiger partial charge in [0.2, 0.25) is 0 Å². The van der Waals surface area contributed by atoms with Crippen molar-refractivity contribution < 1.29 is 4.79 Å². The lowest BCUT2D eigenvalue weighted by atomic mass is 9.43. The fourth-order valence-corrected chi connectivity index (χ4v) is 8.21. The molecule has 0 spiro atoms. The second kappa shape index (κ2) is 8.14. The average molecular weight is 447 g/mol. The summed E-state index contributed by atoms with van der Waals surface area (Å²) in [7, 11) is 0. The molecule has 4 saturated carbocycles. The third-order valence-electron chi connectivity index (χ3n) is 8.45. The van der Waals surface area contributed by atoms with Crippen LogP contribution in [0.15, 0.2) is 47.4 Å².